The van der Waals surface area contributed by atoms with Crippen molar-refractivity contribution < 1.29 is 22.7 Å². The van der Waals surface area contributed by atoms with E-state index < -0.39 is 16.1 Å². The SMILES string of the molecule is CCOc1cncc(-c2cnc(C(=O)N[C@H](CCOC)c3cc(NS(=O)(=O)C4CCCC4)ccn3)s2)n1. The molecule has 1 amide bonds. The standard InChI is InChI=1S/C24H30N6O5S2/c1-3-35-22-15-25-13-20(28-22)21-14-27-24(36-21)23(31)29-18(9-11-34-2)19-12-16(8-10-26-19)30-37(32,33)17-6-4-5-7-17/h8,10,12-15,17-18H,3-7,9,11H2,1-2H3,(H,26,30)(H,29,31)/t18-/m1/s1. The number of amides is 1. The number of carbonyl (C=O) groups is 1. The second kappa shape index (κ2) is 12.4. The van der Waals surface area contributed by atoms with Gasteiger partial charge in [0.05, 0.1) is 46.6 Å². The van der Waals surface area contributed by atoms with Gasteiger partial charge in [-0.3, -0.25) is 19.5 Å². The Morgan fingerprint density at radius 1 is 1.22 bits per heavy atom. The zero-order valence-electron chi connectivity index (χ0n) is 20.7. The number of nitrogens with one attached hydrogen (secondary N) is 2. The van der Waals surface area contributed by atoms with E-state index in [1.54, 1.807) is 31.6 Å². The van der Waals surface area contributed by atoms with Crippen molar-refractivity contribution in [1.82, 2.24) is 25.3 Å². The number of nitrogens with zero attached hydrogens (tertiary/aromatic N) is 4. The highest BCUT2D eigenvalue weighted by Crippen LogP contribution is 2.28. The number of aromatic nitrogens is 4. The first kappa shape index (κ1) is 26.9. The second-order valence-corrected chi connectivity index (χ2v) is 11.5. The lowest BCUT2D eigenvalue weighted by atomic mass is 10.1. The normalized spacial score (nSPS) is 14.9. The fourth-order valence-corrected chi connectivity index (χ4v) is 6.43. The molecule has 0 aromatic carbocycles. The molecule has 0 unspecified atom stereocenters. The molecule has 1 aliphatic carbocycles. The number of thiazole rings is 1. The fourth-order valence-electron chi connectivity index (χ4n) is 4.08. The zero-order valence-corrected chi connectivity index (χ0v) is 22.3. The van der Waals surface area contributed by atoms with Crippen LogP contribution >= 0.6 is 11.3 Å². The molecule has 3 heterocycles. The van der Waals surface area contributed by atoms with Crippen LogP contribution in [0.5, 0.6) is 5.88 Å². The molecule has 3 aromatic rings. The molecule has 37 heavy (non-hydrogen) atoms. The molecule has 1 saturated carbocycles. The smallest absolute Gasteiger partial charge is 0.280 e. The van der Waals surface area contributed by atoms with Crippen molar-refractivity contribution >= 4 is 33.0 Å². The van der Waals surface area contributed by atoms with Gasteiger partial charge in [0.2, 0.25) is 15.9 Å². The minimum Gasteiger partial charge on any atom is -0.477 e. The van der Waals surface area contributed by atoms with E-state index in [2.05, 4.69) is 30.0 Å². The van der Waals surface area contributed by atoms with Crippen LogP contribution in [0.15, 0.2) is 36.9 Å². The summed E-state index contributed by atoms with van der Waals surface area (Å²) < 4.78 is 38.8. The van der Waals surface area contributed by atoms with Crippen molar-refractivity contribution in [3.8, 4) is 16.5 Å². The molecule has 3 aromatic heterocycles. The largest absolute Gasteiger partial charge is 0.477 e. The van der Waals surface area contributed by atoms with E-state index in [0.717, 1.165) is 12.8 Å². The Morgan fingerprint density at radius 3 is 2.78 bits per heavy atom. The predicted molar refractivity (Wildman–Crippen MR) is 140 cm³/mol. The molecule has 13 heteroatoms. The van der Waals surface area contributed by atoms with E-state index in [4.69, 9.17) is 9.47 Å². The third-order valence-electron chi connectivity index (χ3n) is 5.91. The van der Waals surface area contributed by atoms with Crippen molar-refractivity contribution in [2.24, 2.45) is 0 Å². The Morgan fingerprint density at radius 2 is 2.03 bits per heavy atom. The van der Waals surface area contributed by atoms with E-state index >= 15 is 0 Å². The van der Waals surface area contributed by atoms with Gasteiger partial charge >= 0.3 is 0 Å². The van der Waals surface area contributed by atoms with Gasteiger partial charge in [-0.15, -0.1) is 11.3 Å². The molecule has 0 spiro atoms. The maximum absolute atomic E-state index is 13.1. The number of ether oxygens (including phenoxy) is 2. The maximum Gasteiger partial charge on any atom is 0.280 e. The van der Waals surface area contributed by atoms with E-state index in [1.807, 2.05) is 6.92 Å². The van der Waals surface area contributed by atoms with Gasteiger partial charge < -0.3 is 14.8 Å². The minimum absolute atomic E-state index is 0.249. The third kappa shape index (κ3) is 6.99. The summed E-state index contributed by atoms with van der Waals surface area (Å²) >= 11 is 1.18. The van der Waals surface area contributed by atoms with E-state index in [0.29, 0.717) is 60.3 Å². The summed E-state index contributed by atoms with van der Waals surface area (Å²) in [5.74, 6) is 0.0126. The Kier molecular flexibility index (Phi) is 9.00. The van der Waals surface area contributed by atoms with Crippen molar-refractivity contribution in [3.63, 3.8) is 0 Å². The van der Waals surface area contributed by atoms with Crippen molar-refractivity contribution in [1.29, 1.82) is 0 Å². The van der Waals surface area contributed by atoms with Crippen LogP contribution in [0.25, 0.3) is 10.6 Å². The average molecular weight is 547 g/mol. The maximum atomic E-state index is 13.1. The number of hydrogen-bond acceptors (Lipinski definition) is 10. The van der Waals surface area contributed by atoms with Crippen LogP contribution in [0.3, 0.4) is 0 Å². The van der Waals surface area contributed by atoms with Crippen LogP contribution in [0.2, 0.25) is 0 Å². The number of rotatable bonds is 12. The lowest BCUT2D eigenvalue weighted by molar-refractivity contribution is 0.0923. The summed E-state index contributed by atoms with van der Waals surface area (Å²) in [6.45, 7) is 2.70. The highest BCUT2D eigenvalue weighted by atomic mass is 32.2. The Bertz CT molecular complexity index is 1310. The summed E-state index contributed by atoms with van der Waals surface area (Å²) in [5.41, 5.74) is 1.49. The fraction of sp³-hybridized carbons (Fsp3) is 0.458. The molecule has 198 valence electrons. The summed E-state index contributed by atoms with van der Waals surface area (Å²) in [7, 11) is -1.91. The molecular formula is C24H30N6O5S2. The number of pyridine rings is 1. The molecule has 0 aliphatic heterocycles. The first-order valence-corrected chi connectivity index (χ1v) is 14.4. The highest BCUT2D eigenvalue weighted by Gasteiger charge is 2.29. The first-order chi connectivity index (χ1) is 17.9. The van der Waals surface area contributed by atoms with Gasteiger partial charge in [-0.05, 0) is 38.3 Å². The number of methoxy groups -OCH3 is 1. The van der Waals surface area contributed by atoms with Crippen molar-refractivity contribution in [3.05, 3.63) is 47.6 Å². The number of sulfonamides is 1. The van der Waals surface area contributed by atoms with Gasteiger partial charge in [-0.2, -0.15) is 0 Å². The minimum atomic E-state index is -3.49. The van der Waals surface area contributed by atoms with E-state index in [9.17, 15) is 13.2 Å². The van der Waals surface area contributed by atoms with Crippen LogP contribution in [-0.2, 0) is 14.8 Å². The average Bonchev–Trinajstić information content (AvgIpc) is 3.60. The van der Waals surface area contributed by atoms with Gasteiger partial charge in [-0.1, -0.05) is 12.8 Å². The summed E-state index contributed by atoms with van der Waals surface area (Å²) in [4.78, 5) is 30.9. The number of anilines is 1. The van der Waals surface area contributed by atoms with Crippen molar-refractivity contribution in [2.45, 2.75) is 50.3 Å². The van der Waals surface area contributed by atoms with Crippen molar-refractivity contribution in [2.75, 3.05) is 25.0 Å². The van der Waals surface area contributed by atoms with Crippen LogP contribution in [0, 0.1) is 0 Å². The lowest BCUT2D eigenvalue weighted by Gasteiger charge is -2.19. The molecule has 0 bridgehead atoms. The van der Waals surface area contributed by atoms with Gasteiger partial charge in [0.15, 0.2) is 5.01 Å². The summed E-state index contributed by atoms with van der Waals surface area (Å²) in [6.07, 6.45) is 9.81. The van der Waals surface area contributed by atoms with Crippen LogP contribution in [-0.4, -0.2) is 59.8 Å². The third-order valence-corrected chi connectivity index (χ3v) is 8.80. The second-order valence-electron chi connectivity index (χ2n) is 8.54. The summed E-state index contributed by atoms with van der Waals surface area (Å²) in [6, 6.07) is 2.74. The quantitative estimate of drug-likeness (QED) is 0.348. The van der Waals surface area contributed by atoms with Gasteiger partial charge in [0, 0.05) is 26.1 Å². The van der Waals surface area contributed by atoms with Crippen LogP contribution < -0.4 is 14.8 Å². The summed E-state index contributed by atoms with van der Waals surface area (Å²) in [5, 5.41) is 2.82. The Labute approximate surface area is 220 Å². The van der Waals surface area contributed by atoms with Gasteiger partial charge in [0.25, 0.3) is 5.91 Å². The molecular weight excluding hydrogens is 516 g/mol. The number of hydrogen-bond donors (Lipinski definition) is 2. The molecule has 0 radical (unpaired) electrons. The van der Waals surface area contributed by atoms with E-state index in [-0.39, 0.29) is 16.2 Å². The molecule has 2 N–H and O–H groups in total. The number of carbonyl (C=O) groups excluding carboxylic acids is 1. The Hall–Kier alpha value is -3.16. The predicted octanol–water partition coefficient (Wildman–Crippen LogP) is 3.59. The van der Waals surface area contributed by atoms with Gasteiger partial charge in [0.1, 0.15) is 5.69 Å². The topological polar surface area (TPSA) is 145 Å². The van der Waals surface area contributed by atoms with E-state index in [1.165, 1.54) is 23.7 Å². The molecule has 1 fully saturated rings. The highest BCUT2D eigenvalue weighted by molar-refractivity contribution is 7.93. The Balaban J connectivity index is 1.49. The molecule has 11 nitrogen and oxygen atoms in total. The zero-order chi connectivity index (χ0) is 26.3. The molecule has 1 aliphatic rings. The monoisotopic (exact) mass is 546 g/mol. The van der Waals surface area contributed by atoms with Crippen LogP contribution in [0.4, 0.5) is 5.69 Å². The molecule has 4 rings (SSSR count). The van der Waals surface area contributed by atoms with Gasteiger partial charge in [-0.25, -0.2) is 18.4 Å². The van der Waals surface area contributed by atoms with Crippen LogP contribution in [0.1, 0.15) is 60.6 Å². The molecule has 1 atom stereocenters. The lowest BCUT2D eigenvalue weighted by Crippen LogP contribution is -2.30. The first-order valence-electron chi connectivity index (χ1n) is 12.1. The molecule has 0 saturated heterocycles.